The molecule has 98 valence electrons. The van der Waals surface area contributed by atoms with Crippen molar-refractivity contribution in [3.8, 4) is 0 Å². The average Bonchev–Trinajstić information content (AvgIpc) is 2.63. The summed E-state index contributed by atoms with van der Waals surface area (Å²) < 4.78 is 0. The number of hydrogen-bond donors (Lipinski definition) is 1. The molecule has 0 radical (unpaired) electrons. The third kappa shape index (κ3) is 4.34. The van der Waals surface area contributed by atoms with E-state index in [4.69, 9.17) is 0 Å². The Morgan fingerprint density at radius 2 is 2.00 bits per heavy atom. The molecule has 1 heterocycles. The number of thioether (sulfide) groups is 1. The first kappa shape index (κ1) is 14.6. The van der Waals surface area contributed by atoms with Crippen molar-refractivity contribution in [1.29, 1.82) is 0 Å². The summed E-state index contributed by atoms with van der Waals surface area (Å²) in [5, 5.41) is 2.21. The van der Waals surface area contributed by atoms with Gasteiger partial charge in [0.25, 0.3) is 0 Å². The molecule has 2 amide bonds. The van der Waals surface area contributed by atoms with Crippen molar-refractivity contribution >= 4 is 23.6 Å². The first-order valence-electron chi connectivity index (χ1n) is 6.46. The fraction of sp³-hybridized carbons (Fsp3) is 0.846. The molecular weight excluding hydrogens is 234 g/mol. The highest BCUT2D eigenvalue weighted by Gasteiger charge is 2.30. The van der Waals surface area contributed by atoms with Crippen LogP contribution in [0.25, 0.3) is 0 Å². The number of amides is 2. The van der Waals surface area contributed by atoms with E-state index in [9.17, 15) is 9.59 Å². The lowest BCUT2D eigenvalue weighted by Gasteiger charge is -2.26. The van der Waals surface area contributed by atoms with Crippen molar-refractivity contribution in [2.75, 3.05) is 5.75 Å². The third-order valence-corrected chi connectivity index (χ3v) is 5.18. The summed E-state index contributed by atoms with van der Waals surface area (Å²) in [6.07, 6.45) is 5.10. The van der Waals surface area contributed by atoms with Gasteiger partial charge in [-0.1, -0.05) is 33.6 Å². The SMILES string of the molecule is CCC(C)(CC)CCCSC1CC(=O)NC1=O. The summed E-state index contributed by atoms with van der Waals surface area (Å²) in [5.74, 6) is 0.745. The van der Waals surface area contributed by atoms with Crippen LogP contribution in [-0.2, 0) is 9.59 Å². The molecule has 0 aromatic heterocycles. The fourth-order valence-electron chi connectivity index (χ4n) is 1.99. The zero-order chi connectivity index (χ0) is 12.9. The number of carbonyl (C=O) groups is 2. The van der Waals surface area contributed by atoms with Gasteiger partial charge in [-0.3, -0.25) is 14.9 Å². The van der Waals surface area contributed by atoms with Crippen LogP contribution in [0.5, 0.6) is 0 Å². The lowest BCUT2D eigenvalue weighted by atomic mass is 9.81. The topological polar surface area (TPSA) is 46.2 Å². The summed E-state index contributed by atoms with van der Waals surface area (Å²) in [6.45, 7) is 6.79. The molecule has 17 heavy (non-hydrogen) atoms. The zero-order valence-electron chi connectivity index (χ0n) is 11.0. The third-order valence-electron chi connectivity index (χ3n) is 3.88. The second kappa shape index (κ2) is 6.43. The van der Waals surface area contributed by atoms with Crippen molar-refractivity contribution in [1.82, 2.24) is 5.32 Å². The van der Waals surface area contributed by atoms with Gasteiger partial charge in [-0.2, -0.15) is 0 Å². The molecule has 1 aliphatic heterocycles. The first-order valence-corrected chi connectivity index (χ1v) is 7.51. The van der Waals surface area contributed by atoms with Gasteiger partial charge in [-0.15, -0.1) is 11.8 Å². The number of rotatable bonds is 7. The Labute approximate surface area is 108 Å². The van der Waals surface area contributed by atoms with Gasteiger partial charge in [0.15, 0.2) is 0 Å². The van der Waals surface area contributed by atoms with E-state index >= 15 is 0 Å². The maximum atomic E-state index is 11.3. The smallest absolute Gasteiger partial charge is 0.240 e. The summed E-state index contributed by atoms with van der Waals surface area (Å²) in [4.78, 5) is 22.3. The van der Waals surface area contributed by atoms with Gasteiger partial charge in [-0.05, 0) is 24.0 Å². The van der Waals surface area contributed by atoms with Gasteiger partial charge in [0.05, 0.1) is 5.25 Å². The average molecular weight is 257 g/mol. The van der Waals surface area contributed by atoms with Crippen LogP contribution in [0.1, 0.15) is 52.9 Å². The molecule has 1 aliphatic rings. The van der Waals surface area contributed by atoms with Crippen molar-refractivity contribution in [3.05, 3.63) is 0 Å². The Hall–Kier alpha value is -0.510. The standard InChI is InChI=1S/C13H23NO2S/c1-4-13(3,5-2)7-6-8-17-10-9-11(15)14-12(10)16/h10H,4-9H2,1-3H3,(H,14,15,16). The Kier molecular flexibility index (Phi) is 5.50. The molecule has 1 N–H and O–H groups in total. The molecule has 0 saturated carbocycles. The molecule has 1 unspecified atom stereocenters. The molecule has 3 nitrogen and oxygen atoms in total. The van der Waals surface area contributed by atoms with E-state index in [-0.39, 0.29) is 17.1 Å². The fourth-order valence-corrected chi connectivity index (χ4v) is 3.07. The van der Waals surface area contributed by atoms with E-state index in [2.05, 4.69) is 26.1 Å². The highest BCUT2D eigenvalue weighted by atomic mass is 32.2. The second-order valence-electron chi connectivity index (χ2n) is 5.10. The molecule has 4 heteroatoms. The lowest BCUT2D eigenvalue weighted by Crippen LogP contribution is -2.23. The number of imide groups is 1. The summed E-state index contributed by atoms with van der Waals surface area (Å²) in [5.41, 5.74) is 0.439. The number of nitrogens with one attached hydrogen (secondary N) is 1. The van der Waals surface area contributed by atoms with Crippen molar-refractivity contribution in [2.24, 2.45) is 5.41 Å². The molecule has 1 saturated heterocycles. The molecule has 0 aromatic rings. The van der Waals surface area contributed by atoms with Crippen LogP contribution in [0, 0.1) is 5.41 Å². The van der Waals surface area contributed by atoms with Gasteiger partial charge < -0.3 is 0 Å². The van der Waals surface area contributed by atoms with Crippen molar-refractivity contribution in [3.63, 3.8) is 0 Å². The summed E-state index contributed by atoms with van der Waals surface area (Å²) in [6, 6.07) is 0. The maximum Gasteiger partial charge on any atom is 0.240 e. The van der Waals surface area contributed by atoms with Crippen molar-refractivity contribution in [2.45, 2.75) is 58.1 Å². The van der Waals surface area contributed by atoms with E-state index in [1.54, 1.807) is 11.8 Å². The normalized spacial score (nSPS) is 20.8. The van der Waals surface area contributed by atoms with Crippen LogP contribution < -0.4 is 5.32 Å². The van der Waals surface area contributed by atoms with Crippen molar-refractivity contribution < 1.29 is 9.59 Å². The van der Waals surface area contributed by atoms with Crippen LogP contribution in [0.4, 0.5) is 0 Å². The van der Waals surface area contributed by atoms with Gasteiger partial charge >= 0.3 is 0 Å². The van der Waals surface area contributed by atoms with Gasteiger partial charge in [-0.25, -0.2) is 0 Å². The number of carbonyl (C=O) groups excluding carboxylic acids is 2. The second-order valence-corrected chi connectivity index (χ2v) is 6.41. The molecule has 1 fully saturated rings. The van der Waals surface area contributed by atoms with Gasteiger partial charge in [0, 0.05) is 6.42 Å². The van der Waals surface area contributed by atoms with Crippen LogP contribution >= 0.6 is 11.8 Å². The number of hydrogen-bond acceptors (Lipinski definition) is 3. The molecule has 1 rings (SSSR count). The first-order chi connectivity index (χ1) is 8.00. The Balaban J connectivity index is 2.20. The maximum absolute atomic E-state index is 11.3. The molecule has 0 bridgehead atoms. The molecule has 1 atom stereocenters. The summed E-state index contributed by atoms with van der Waals surface area (Å²) in [7, 11) is 0. The minimum atomic E-state index is -0.142. The van der Waals surface area contributed by atoms with Gasteiger partial charge in [0.1, 0.15) is 0 Å². The van der Waals surface area contributed by atoms with Crippen LogP contribution in [0.15, 0.2) is 0 Å². The molecular formula is C13H23NO2S. The van der Waals surface area contributed by atoms with E-state index < -0.39 is 0 Å². The van der Waals surface area contributed by atoms with E-state index in [1.165, 1.54) is 19.3 Å². The minimum absolute atomic E-state index is 0.103. The van der Waals surface area contributed by atoms with Gasteiger partial charge in [0.2, 0.25) is 11.8 Å². The largest absolute Gasteiger partial charge is 0.295 e. The Morgan fingerprint density at radius 3 is 2.47 bits per heavy atom. The quantitative estimate of drug-likeness (QED) is 0.563. The molecule has 0 aromatic carbocycles. The van der Waals surface area contributed by atoms with E-state index in [0.717, 1.165) is 12.2 Å². The zero-order valence-corrected chi connectivity index (χ0v) is 11.9. The minimum Gasteiger partial charge on any atom is -0.295 e. The highest BCUT2D eigenvalue weighted by Crippen LogP contribution is 2.32. The monoisotopic (exact) mass is 257 g/mol. The predicted octanol–water partition coefficient (Wildman–Crippen LogP) is 2.74. The predicted molar refractivity (Wildman–Crippen MR) is 71.9 cm³/mol. The van der Waals surface area contributed by atoms with E-state index in [0.29, 0.717) is 11.8 Å². The summed E-state index contributed by atoms with van der Waals surface area (Å²) >= 11 is 1.62. The Bertz CT molecular complexity index is 287. The van der Waals surface area contributed by atoms with Crippen LogP contribution in [0.3, 0.4) is 0 Å². The lowest BCUT2D eigenvalue weighted by molar-refractivity contribution is -0.124. The van der Waals surface area contributed by atoms with Crippen LogP contribution in [-0.4, -0.2) is 22.8 Å². The van der Waals surface area contributed by atoms with Crippen LogP contribution in [0.2, 0.25) is 0 Å². The highest BCUT2D eigenvalue weighted by molar-refractivity contribution is 8.00. The van der Waals surface area contributed by atoms with E-state index in [1.807, 2.05) is 0 Å². The molecule has 0 spiro atoms. The molecule has 0 aliphatic carbocycles. The Morgan fingerprint density at radius 1 is 1.35 bits per heavy atom.